The molecule has 0 radical (unpaired) electrons. The number of alkyl halides is 1. The molecule has 3 heterocycles. The van der Waals surface area contributed by atoms with Gasteiger partial charge in [-0.1, -0.05) is 24.3 Å². The predicted molar refractivity (Wildman–Crippen MR) is 123 cm³/mol. The lowest BCUT2D eigenvalue weighted by Crippen LogP contribution is -2.21. The van der Waals surface area contributed by atoms with Crippen molar-refractivity contribution in [3.63, 3.8) is 0 Å². The first-order valence-electron chi connectivity index (χ1n) is 11.3. The number of hydrogen-bond acceptors (Lipinski definition) is 4. The SMILES string of the molecule is CC(C)(F)Cn1ncc2cnc(-c3[nH]ncc3NC(=O)C3CC34CCc3ccccc34)cc21. The Hall–Kier alpha value is -3.55. The van der Waals surface area contributed by atoms with E-state index in [0.29, 0.717) is 17.1 Å². The van der Waals surface area contributed by atoms with Crippen LogP contribution in [0.15, 0.2) is 48.9 Å². The Bertz CT molecular complexity index is 1380. The molecule has 2 N–H and O–H groups in total. The minimum absolute atomic E-state index is 0.0136. The lowest BCUT2D eigenvalue weighted by atomic mass is 9.95. The number of halogens is 1. The van der Waals surface area contributed by atoms with Crippen LogP contribution in [0.4, 0.5) is 10.1 Å². The van der Waals surface area contributed by atoms with Gasteiger partial charge in [0.1, 0.15) is 11.4 Å². The van der Waals surface area contributed by atoms with E-state index in [0.717, 1.165) is 30.2 Å². The number of carbonyl (C=O) groups excluding carboxylic acids is 1. The van der Waals surface area contributed by atoms with Gasteiger partial charge in [0.15, 0.2) is 0 Å². The summed E-state index contributed by atoms with van der Waals surface area (Å²) in [6, 6.07) is 10.3. The Balaban J connectivity index is 1.26. The molecule has 2 unspecified atom stereocenters. The number of aromatic nitrogens is 5. The molecule has 3 aromatic heterocycles. The molecular formula is C25H25FN6O. The Labute approximate surface area is 190 Å². The second kappa shape index (κ2) is 6.97. The van der Waals surface area contributed by atoms with Crippen LogP contribution in [0.5, 0.6) is 0 Å². The largest absolute Gasteiger partial charge is 0.323 e. The summed E-state index contributed by atoms with van der Waals surface area (Å²) in [4.78, 5) is 17.7. The van der Waals surface area contributed by atoms with Crippen LogP contribution < -0.4 is 5.32 Å². The Morgan fingerprint density at radius 2 is 2.15 bits per heavy atom. The number of nitrogens with one attached hydrogen (secondary N) is 2. The fourth-order valence-corrected chi connectivity index (χ4v) is 5.33. The van der Waals surface area contributed by atoms with Crippen molar-refractivity contribution in [2.45, 2.75) is 50.7 Å². The molecule has 7 nitrogen and oxygen atoms in total. The standard InChI is InChI=1S/C25H25FN6O/c1-24(2,26)14-32-21-9-19(27-11-16(21)12-29-32)22-20(13-28-31-22)30-23(33)18-10-25(18)8-7-15-5-3-4-6-17(15)25/h3-6,9,11-13,18H,7-8,10,14H2,1-2H3,(H,28,31)(H,30,33). The number of fused-ring (bicyclic) bond motifs is 3. The molecule has 33 heavy (non-hydrogen) atoms. The third-order valence-electron chi connectivity index (χ3n) is 6.99. The number of amides is 1. The zero-order valence-electron chi connectivity index (χ0n) is 18.6. The van der Waals surface area contributed by atoms with Crippen molar-refractivity contribution in [3.05, 3.63) is 60.0 Å². The van der Waals surface area contributed by atoms with Gasteiger partial charge in [0.2, 0.25) is 5.91 Å². The van der Waals surface area contributed by atoms with Gasteiger partial charge in [-0.05, 0) is 50.3 Å². The van der Waals surface area contributed by atoms with Gasteiger partial charge in [0.05, 0.1) is 35.8 Å². The van der Waals surface area contributed by atoms with Crippen molar-refractivity contribution in [1.29, 1.82) is 0 Å². The number of benzene rings is 1. The summed E-state index contributed by atoms with van der Waals surface area (Å²) in [5, 5.41) is 15.3. The number of carbonyl (C=O) groups is 1. The first kappa shape index (κ1) is 20.1. The summed E-state index contributed by atoms with van der Waals surface area (Å²) in [5.74, 6) is -0.0211. The Kier molecular flexibility index (Phi) is 4.24. The van der Waals surface area contributed by atoms with Gasteiger partial charge in [0, 0.05) is 22.9 Å². The van der Waals surface area contributed by atoms with E-state index < -0.39 is 5.67 Å². The van der Waals surface area contributed by atoms with Crippen LogP contribution in [0.25, 0.3) is 22.3 Å². The molecule has 0 aliphatic heterocycles. The smallest absolute Gasteiger partial charge is 0.228 e. The van der Waals surface area contributed by atoms with Crippen molar-refractivity contribution < 1.29 is 9.18 Å². The molecular weight excluding hydrogens is 419 g/mol. The highest BCUT2D eigenvalue weighted by Gasteiger charge is 2.61. The fourth-order valence-electron chi connectivity index (χ4n) is 5.33. The monoisotopic (exact) mass is 444 g/mol. The van der Waals surface area contributed by atoms with Crippen LogP contribution >= 0.6 is 0 Å². The maximum absolute atomic E-state index is 14.2. The van der Waals surface area contributed by atoms with E-state index in [1.165, 1.54) is 25.0 Å². The van der Waals surface area contributed by atoms with Crippen LogP contribution in [0.2, 0.25) is 0 Å². The van der Waals surface area contributed by atoms with Crippen LogP contribution in [0, 0.1) is 5.92 Å². The highest BCUT2D eigenvalue weighted by molar-refractivity contribution is 5.99. The van der Waals surface area contributed by atoms with E-state index in [9.17, 15) is 9.18 Å². The summed E-state index contributed by atoms with van der Waals surface area (Å²) in [5.41, 5.74) is 3.89. The lowest BCUT2D eigenvalue weighted by Gasteiger charge is -2.14. The average Bonchev–Trinajstić information content (AvgIpc) is 3.04. The summed E-state index contributed by atoms with van der Waals surface area (Å²) in [7, 11) is 0. The molecule has 8 heteroatoms. The van der Waals surface area contributed by atoms with Gasteiger partial charge < -0.3 is 5.32 Å². The number of H-pyrrole nitrogens is 1. The molecule has 2 atom stereocenters. The number of rotatable bonds is 5. The molecule has 0 saturated heterocycles. The predicted octanol–water partition coefficient (Wildman–Crippen LogP) is 4.41. The minimum Gasteiger partial charge on any atom is -0.323 e. The molecule has 0 bridgehead atoms. The first-order chi connectivity index (χ1) is 15.8. The van der Waals surface area contributed by atoms with Gasteiger partial charge in [-0.15, -0.1) is 0 Å². The molecule has 6 rings (SSSR count). The minimum atomic E-state index is -1.39. The molecule has 4 aromatic rings. The summed E-state index contributed by atoms with van der Waals surface area (Å²) < 4.78 is 15.9. The summed E-state index contributed by atoms with van der Waals surface area (Å²) >= 11 is 0. The van der Waals surface area contributed by atoms with E-state index in [4.69, 9.17) is 0 Å². The van der Waals surface area contributed by atoms with Crippen molar-refractivity contribution in [2.75, 3.05) is 5.32 Å². The van der Waals surface area contributed by atoms with Crippen molar-refractivity contribution >= 4 is 22.5 Å². The van der Waals surface area contributed by atoms with Crippen LogP contribution in [0.1, 0.15) is 37.8 Å². The van der Waals surface area contributed by atoms with E-state index in [2.05, 4.69) is 49.9 Å². The molecule has 1 fully saturated rings. The van der Waals surface area contributed by atoms with Crippen LogP contribution in [0.3, 0.4) is 0 Å². The zero-order chi connectivity index (χ0) is 22.8. The Morgan fingerprint density at radius 3 is 3.00 bits per heavy atom. The third kappa shape index (κ3) is 3.32. The number of hydrogen-bond donors (Lipinski definition) is 2. The van der Waals surface area contributed by atoms with Gasteiger partial charge in [0.25, 0.3) is 0 Å². The van der Waals surface area contributed by atoms with E-state index in [1.54, 1.807) is 23.3 Å². The fraction of sp³-hybridized carbons (Fsp3) is 0.360. The van der Waals surface area contributed by atoms with Gasteiger partial charge >= 0.3 is 0 Å². The number of aryl methyl sites for hydroxylation is 1. The van der Waals surface area contributed by atoms with Crippen LogP contribution in [-0.2, 0) is 23.2 Å². The van der Waals surface area contributed by atoms with Crippen molar-refractivity contribution in [3.8, 4) is 11.4 Å². The second-order valence-corrected chi connectivity index (χ2v) is 9.87. The molecule has 2 aliphatic carbocycles. The van der Waals surface area contributed by atoms with Gasteiger partial charge in [-0.3, -0.25) is 19.6 Å². The number of nitrogens with zero attached hydrogens (tertiary/aromatic N) is 4. The van der Waals surface area contributed by atoms with E-state index in [1.807, 2.05) is 6.07 Å². The second-order valence-electron chi connectivity index (χ2n) is 9.87. The zero-order valence-corrected chi connectivity index (χ0v) is 18.6. The van der Waals surface area contributed by atoms with Crippen molar-refractivity contribution in [2.24, 2.45) is 5.92 Å². The maximum Gasteiger partial charge on any atom is 0.228 e. The maximum atomic E-state index is 14.2. The normalized spacial score (nSPS) is 21.5. The van der Waals surface area contributed by atoms with E-state index in [-0.39, 0.29) is 23.8 Å². The highest BCUT2D eigenvalue weighted by atomic mass is 19.1. The van der Waals surface area contributed by atoms with Gasteiger partial charge in [-0.25, -0.2) is 4.39 Å². The molecule has 1 amide bonds. The topological polar surface area (TPSA) is 88.5 Å². The molecule has 2 aliphatic rings. The number of pyridine rings is 1. The first-order valence-corrected chi connectivity index (χ1v) is 11.3. The summed E-state index contributed by atoms with van der Waals surface area (Å²) in [6.07, 6.45) is 7.93. The van der Waals surface area contributed by atoms with E-state index >= 15 is 0 Å². The lowest BCUT2D eigenvalue weighted by molar-refractivity contribution is -0.117. The molecule has 1 aromatic carbocycles. The van der Waals surface area contributed by atoms with Crippen LogP contribution in [-0.4, -0.2) is 36.5 Å². The Morgan fingerprint density at radius 1 is 1.30 bits per heavy atom. The number of anilines is 1. The van der Waals surface area contributed by atoms with Crippen molar-refractivity contribution in [1.82, 2.24) is 25.0 Å². The summed E-state index contributed by atoms with van der Waals surface area (Å²) in [6.45, 7) is 3.19. The molecule has 168 valence electrons. The van der Waals surface area contributed by atoms with Gasteiger partial charge in [-0.2, -0.15) is 10.2 Å². The number of aromatic amines is 1. The average molecular weight is 445 g/mol. The molecule has 1 spiro atoms. The molecule has 1 saturated carbocycles. The quantitative estimate of drug-likeness (QED) is 0.477. The third-order valence-corrected chi connectivity index (χ3v) is 6.99. The highest BCUT2D eigenvalue weighted by Crippen LogP contribution is 2.61.